The van der Waals surface area contributed by atoms with Gasteiger partial charge in [-0.2, -0.15) is 0 Å². The molecule has 15 heavy (non-hydrogen) atoms. The van der Waals surface area contributed by atoms with Gasteiger partial charge < -0.3 is 0 Å². The van der Waals surface area contributed by atoms with Gasteiger partial charge in [0.05, 0.1) is 0 Å². The van der Waals surface area contributed by atoms with Crippen LogP contribution < -0.4 is 0 Å². The summed E-state index contributed by atoms with van der Waals surface area (Å²) in [5, 5.41) is 0. The molecular formula is C14H24O. The van der Waals surface area contributed by atoms with Gasteiger partial charge in [-0.3, -0.25) is 4.79 Å². The molecule has 0 radical (unpaired) electrons. The maximum absolute atomic E-state index is 12.0. The van der Waals surface area contributed by atoms with E-state index in [0.29, 0.717) is 17.1 Å². The third-order valence-electron chi connectivity index (χ3n) is 4.90. The molecule has 2 saturated carbocycles. The summed E-state index contributed by atoms with van der Waals surface area (Å²) < 4.78 is 0. The molecule has 0 aromatic heterocycles. The highest BCUT2D eigenvalue weighted by molar-refractivity contribution is 5.85. The van der Waals surface area contributed by atoms with Crippen molar-refractivity contribution in [2.45, 2.75) is 59.8 Å². The van der Waals surface area contributed by atoms with Gasteiger partial charge in [0.2, 0.25) is 0 Å². The third-order valence-corrected chi connectivity index (χ3v) is 4.90. The van der Waals surface area contributed by atoms with Crippen LogP contribution in [-0.2, 0) is 4.79 Å². The Kier molecular flexibility index (Phi) is 2.48. The molecule has 2 fully saturated rings. The minimum atomic E-state index is -0.0597. The molecule has 0 aromatic rings. The van der Waals surface area contributed by atoms with Gasteiger partial charge in [0.15, 0.2) is 0 Å². The Bertz CT molecular complexity index is 275. The van der Waals surface area contributed by atoms with E-state index in [9.17, 15) is 4.79 Å². The Morgan fingerprint density at radius 2 is 1.87 bits per heavy atom. The zero-order valence-corrected chi connectivity index (χ0v) is 10.6. The van der Waals surface area contributed by atoms with Crippen molar-refractivity contribution in [3.63, 3.8) is 0 Å². The second-order valence-electron chi connectivity index (χ2n) is 6.96. The molecule has 0 heterocycles. The maximum Gasteiger partial charge on any atom is 0.138 e. The molecule has 0 bridgehead atoms. The fourth-order valence-corrected chi connectivity index (χ4v) is 3.71. The first kappa shape index (κ1) is 11.2. The summed E-state index contributed by atoms with van der Waals surface area (Å²) in [6, 6.07) is 0. The van der Waals surface area contributed by atoms with Crippen LogP contribution in [0.4, 0.5) is 0 Å². The third kappa shape index (κ3) is 1.86. The van der Waals surface area contributed by atoms with Crippen molar-refractivity contribution in [2.24, 2.45) is 22.7 Å². The number of Topliss-reactive ketones (excluding diaryl/α,β-unsaturated/α-hetero) is 1. The number of rotatable bonds is 0. The Morgan fingerprint density at radius 3 is 2.53 bits per heavy atom. The topological polar surface area (TPSA) is 17.1 Å². The van der Waals surface area contributed by atoms with Gasteiger partial charge in [-0.1, -0.05) is 34.1 Å². The van der Waals surface area contributed by atoms with E-state index in [0.717, 1.165) is 18.8 Å². The van der Waals surface area contributed by atoms with Gasteiger partial charge in [0, 0.05) is 11.8 Å². The molecule has 2 atom stereocenters. The number of ketones is 1. The second kappa shape index (κ2) is 3.33. The van der Waals surface area contributed by atoms with Crippen molar-refractivity contribution in [1.82, 2.24) is 0 Å². The highest BCUT2D eigenvalue weighted by atomic mass is 16.1. The van der Waals surface area contributed by atoms with Crippen molar-refractivity contribution in [2.75, 3.05) is 0 Å². The van der Waals surface area contributed by atoms with Gasteiger partial charge in [-0.15, -0.1) is 0 Å². The molecule has 0 spiro atoms. The molecule has 2 aliphatic carbocycles. The highest BCUT2D eigenvalue weighted by Gasteiger charge is 2.48. The van der Waals surface area contributed by atoms with Crippen LogP contribution in [0.25, 0.3) is 0 Å². The predicted molar refractivity (Wildman–Crippen MR) is 62.6 cm³/mol. The first-order valence-corrected chi connectivity index (χ1v) is 6.36. The largest absolute Gasteiger partial charge is 0.299 e. The lowest BCUT2D eigenvalue weighted by Gasteiger charge is -2.50. The molecule has 0 amide bonds. The van der Waals surface area contributed by atoms with Gasteiger partial charge in [-0.05, 0) is 36.5 Å². The van der Waals surface area contributed by atoms with Crippen LogP contribution in [0.2, 0.25) is 0 Å². The van der Waals surface area contributed by atoms with Gasteiger partial charge in [-0.25, -0.2) is 0 Å². The number of hydrogen-bond donors (Lipinski definition) is 0. The lowest BCUT2D eigenvalue weighted by molar-refractivity contribution is -0.137. The van der Waals surface area contributed by atoms with Gasteiger partial charge in [0.25, 0.3) is 0 Å². The minimum absolute atomic E-state index is 0.0597. The number of carbonyl (C=O) groups is 1. The first-order valence-electron chi connectivity index (χ1n) is 6.36. The van der Waals surface area contributed by atoms with E-state index in [1.54, 1.807) is 0 Å². The van der Waals surface area contributed by atoms with E-state index in [-0.39, 0.29) is 5.41 Å². The average Bonchev–Trinajstić information content (AvgIpc) is 2.08. The fourth-order valence-electron chi connectivity index (χ4n) is 3.71. The molecule has 2 aliphatic rings. The van der Waals surface area contributed by atoms with Crippen molar-refractivity contribution in [1.29, 1.82) is 0 Å². The summed E-state index contributed by atoms with van der Waals surface area (Å²) in [5.74, 6) is 1.97. The lowest BCUT2D eigenvalue weighted by Crippen LogP contribution is -2.45. The molecule has 1 nitrogen and oxygen atoms in total. The standard InChI is InChI=1S/C14H24O/c1-13(2)7-5-6-10-8-12(15)14(3,4)9-11(10)13/h10-11H,5-9H2,1-4H3/t10-,11-/m0/s1. The normalized spacial score (nSPS) is 38.5. The maximum atomic E-state index is 12.0. The monoisotopic (exact) mass is 208 g/mol. The Morgan fingerprint density at radius 1 is 1.20 bits per heavy atom. The molecule has 0 aliphatic heterocycles. The first-order chi connectivity index (χ1) is 6.83. The minimum Gasteiger partial charge on any atom is -0.299 e. The summed E-state index contributed by atoms with van der Waals surface area (Å²) in [7, 11) is 0. The molecule has 2 rings (SSSR count). The summed E-state index contributed by atoms with van der Waals surface area (Å²) >= 11 is 0. The summed E-state index contributed by atoms with van der Waals surface area (Å²) in [6.07, 6.45) is 5.92. The van der Waals surface area contributed by atoms with E-state index in [1.165, 1.54) is 19.3 Å². The summed E-state index contributed by atoms with van der Waals surface area (Å²) in [6.45, 7) is 9.07. The van der Waals surface area contributed by atoms with Crippen molar-refractivity contribution in [3.8, 4) is 0 Å². The molecule has 0 unspecified atom stereocenters. The van der Waals surface area contributed by atoms with Crippen molar-refractivity contribution in [3.05, 3.63) is 0 Å². The Hall–Kier alpha value is -0.330. The molecule has 0 N–H and O–H groups in total. The zero-order valence-electron chi connectivity index (χ0n) is 10.6. The summed E-state index contributed by atoms with van der Waals surface area (Å²) in [4.78, 5) is 12.0. The van der Waals surface area contributed by atoms with E-state index in [4.69, 9.17) is 0 Å². The van der Waals surface area contributed by atoms with Crippen molar-refractivity contribution < 1.29 is 4.79 Å². The number of fused-ring (bicyclic) bond motifs is 1. The Labute approximate surface area is 93.6 Å². The molecule has 1 heteroatoms. The highest BCUT2D eigenvalue weighted by Crippen LogP contribution is 2.53. The molecule has 86 valence electrons. The number of carbonyl (C=O) groups excluding carboxylic acids is 1. The molecular weight excluding hydrogens is 184 g/mol. The van der Waals surface area contributed by atoms with Crippen LogP contribution >= 0.6 is 0 Å². The van der Waals surface area contributed by atoms with E-state index >= 15 is 0 Å². The van der Waals surface area contributed by atoms with Crippen LogP contribution in [0.5, 0.6) is 0 Å². The predicted octanol–water partition coefficient (Wildman–Crippen LogP) is 3.82. The fraction of sp³-hybridized carbons (Fsp3) is 0.929. The van der Waals surface area contributed by atoms with Crippen LogP contribution in [0, 0.1) is 22.7 Å². The molecule has 0 saturated heterocycles. The Balaban J connectivity index is 2.23. The van der Waals surface area contributed by atoms with Gasteiger partial charge >= 0.3 is 0 Å². The zero-order chi connectivity index (χ0) is 11.3. The van der Waals surface area contributed by atoms with Crippen molar-refractivity contribution >= 4 is 5.78 Å². The van der Waals surface area contributed by atoms with Gasteiger partial charge in [0.1, 0.15) is 5.78 Å². The molecule has 0 aromatic carbocycles. The SMILES string of the molecule is CC1(C)C[C@H]2[C@@H](CCCC2(C)C)CC1=O. The van der Waals surface area contributed by atoms with E-state index in [2.05, 4.69) is 27.7 Å². The lowest BCUT2D eigenvalue weighted by atomic mass is 9.54. The average molecular weight is 208 g/mol. The van der Waals surface area contributed by atoms with Crippen LogP contribution in [-0.4, -0.2) is 5.78 Å². The second-order valence-corrected chi connectivity index (χ2v) is 6.96. The van der Waals surface area contributed by atoms with E-state index < -0.39 is 0 Å². The van der Waals surface area contributed by atoms with Crippen LogP contribution in [0.3, 0.4) is 0 Å². The summed E-state index contributed by atoms with van der Waals surface area (Å²) in [5.41, 5.74) is 0.399. The number of hydrogen-bond acceptors (Lipinski definition) is 1. The smallest absolute Gasteiger partial charge is 0.138 e. The van der Waals surface area contributed by atoms with Crippen LogP contribution in [0.15, 0.2) is 0 Å². The van der Waals surface area contributed by atoms with E-state index in [1.807, 2.05) is 0 Å². The van der Waals surface area contributed by atoms with Crippen LogP contribution in [0.1, 0.15) is 59.8 Å². The quantitative estimate of drug-likeness (QED) is 0.591.